The van der Waals surface area contributed by atoms with Crippen molar-refractivity contribution in [1.29, 1.82) is 0 Å². The minimum atomic E-state index is -4.45. The molecule has 0 spiro atoms. The lowest BCUT2D eigenvalue weighted by Crippen LogP contribution is -2.08. The zero-order valence-electron chi connectivity index (χ0n) is 7.67. The standard InChI is InChI=1S/C10H8F3NO/c11-10(12,13)9-6-3-5-8(14-9)4-1-2-7-15/h3,5-6,15H,2,7H2. The van der Waals surface area contributed by atoms with Crippen molar-refractivity contribution < 1.29 is 18.3 Å². The Morgan fingerprint density at radius 2 is 2.07 bits per heavy atom. The molecule has 0 saturated heterocycles. The fourth-order valence-electron chi connectivity index (χ4n) is 0.871. The molecule has 0 aliphatic rings. The Labute approximate surface area is 84.8 Å². The molecule has 1 N–H and O–H groups in total. The summed E-state index contributed by atoms with van der Waals surface area (Å²) in [6.07, 6.45) is -4.23. The van der Waals surface area contributed by atoms with E-state index in [1.807, 2.05) is 0 Å². The highest BCUT2D eigenvalue weighted by molar-refractivity contribution is 5.29. The Kier molecular flexibility index (Phi) is 3.69. The lowest BCUT2D eigenvalue weighted by Gasteiger charge is -2.04. The van der Waals surface area contributed by atoms with Crippen molar-refractivity contribution in [3.63, 3.8) is 0 Å². The topological polar surface area (TPSA) is 33.1 Å². The van der Waals surface area contributed by atoms with Gasteiger partial charge < -0.3 is 5.11 Å². The van der Waals surface area contributed by atoms with Crippen LogP contribution in [0.15, 0.2) is 18.2 Å². The quantitative estimate of drug-likeness (QED) is 0.725. The summed E-state index contributed by atoms with van der Waals surface area (Å²) in [6, 6.07) is 3.52. The van der Waals surface area contributed by atoms with Crippen molar-refractivity contribution >= 4 is 0 Å². The summed E-state index contributed by atoms with van der Waals surface area (Å²) >= 11 is 0. The van der Waals surface area contributed by atoms with Gasteiger partial charge in [0.05, 0.1) is 6.61 Å². The van der Waals surface area contributed by atoms with Gasteiger partial charge in [0.25, 0.3) is 0 Å². The smallest absolute Gasteiger partial charge is 0.395 e. The van der Waals surface area contributed by atoms with Gasteiger partial charge in [-0.15, -0.1) is 0 Å². The Bertz CT molecular complexity index is 390. The number of rotatable bonds is 1. The molecule has 1 aromatic heterocycles. The number of alkyl halides is 3. The van der Waals surface area contributed by atoms with E-state index in [1.54, 1.807) is 0 Å². The maximum atomic E-state index is 12.2. The molecule has 80 valence electrons. The van der Waals surface area contributed by atoms with Gasteiger partial charge in [-0.05, 0) is 18.1 Å². The van der Waals surface area contributed by atoms with Crippen molar-refractivity contribution in [3.8, 4) is 11.8 Å². The number of nitrogens with zero attached hydrogens (tertiary/aromatic N) is 1. The van der Waals surface area contributed by atoms with Gasteiger partial charge in [-0.3, -0.25) is 0 Å². The fourth-order valence-corrected chi connectivity index (χ4v) is 0.871. The molecule has 0 radical (unpaired) electrons. The second-order valence-corrected chi connectivity index (χ2v) is 2.68. The second kappa shape index (κ2) is 4.80. The highest BCUT2D eigenvalue weighted by Gasteiger charge is 2.32. The van der Waals surface area contributed by atoms with E-state index in [2.05, 4.69) is 16.8 Å². The molecular weight excluding hydrogens is 207 g/mol. The molecule has 0 amide bonds. The summed E-state index contributed by atoms with van der Waals surface area (Å²) in [5, 5.41) is 8.43. The number of aromatic nitrogens is 1. The van der Waals surface area contributed by atoms with Gasteiger partial charge in [0, 0.05) is 6.42 Å². The third-order valence-corrected chi connectivity index (χ3v) is 1.49. The first-order valence-electron chi connectivity index (χ1n) is 4.18. The van der Waals surface area contributed by atoms with Crippen LogP contribution in [0, 0.1) is 11.8 Å². The van der Waals surface area contributed by atoms with Crippen molar-refractivity contribution in [2.75, 3.05) is 6.61 Å². The first kappa shape index (κ1) is 11.5. The predicted molar refractivity (Wildman–Crippen MR) is 47.8 cm³/mol. The predicted octanol–water partition coefficient (Wildman–Crippen LogP) is 1.83. The molecule has 0 aliphatic carbocycles. The number of aliphatic hydroxyl groups is 1. The van der Waals surface area contributed by atoms with E-state index in [0.717, 1.165) is 6.07 Å². The van der Waals surface area contributed by atoms with Gasteiger partial charge in [0.2, 0.25) is 0 Å². The molecule has 5 heteroatoms. The molecule has 0 unspecified atom stereocenters. The van der Waals surface area contributed by atoms with E-state index >= 15 is 0 Å². The molecule has 1 rings (SSSR count). The molecule has 15 heavy (non-hydrogen) atoms. The summed E-state index contributed by atoms with van der Waals surface area (Å²) in [7, 11) is 0. The molecule has 1 heterocycles. The van der Waals surface area contributed by atoms with Gasteiger partial charge in [-0.2, -0.15) is 13.2 Å². The Morgan fingerprint density at radius 1 is 1.33 bits per heavy atom. The van der Waals surface area contributed by atoms with Crippen molar-refractivity contribution in [1.82, 2.24) is 4.98 Å². The summed E-state index contributed by atoms with van der Waals surface area (Å²) in [5.41, 5.74) is -0.906. The normalized spacial score (nSPS) is 10.7. The van der Waals surface area contributed by atoms with Crippen LogP contribution in [-0.2, 0) is 6.18 Å². The molecule has 0 aromatic carbocycles. The van der Waals surface area contributed by atoms with Crippen LogP contribution in [0.2, 0.25) is 0 Å². The van der Waals surface area contributed by atoms with Crippen LogP contribution >= 0.6 is 0 Å². The van der Waals surface area contributed by atoms with E-state index in [4.69, 9.17) is 5.11 Å². The number of pyridine rings is 1. The number of hydrogen-bond acceptors (Lipinski definition) is 2. The van der Waals surface area contributed by atoms with Gasteiger partial charge in [-0.1, -0.05) is 12.0 Å². The van der Waals surface area contributed by atoms with E-state index in [9.17, 15) is 13.2 Å². The van der Waals surface area contributed by atoms with Crippen LogP contribution in [-0.4, -0.2) is 16.7 Å². The van der Waals surface area contributed by atoms with Crippen LogP contribution in [0.5, 0.6) is 0 Å². The zero-order chi connectivity index (χ0) is 11.3. The molecule has 2 nitrogen and oxygen atoms in total. The van der Waals surface area contributed by atoms with Gasteiger partial charge in [-0.25, -0.2) is 4.98 Å². The minimum Gasteiger partial charge on any atom is -0.395 e. The maximum Gasteiger partial charge on any atom is 0.433 e. The highest BCUT2D eigenvalue weighted by Crippen LogP contribution is 2.27. The third kappa shape index (κ3) is 3.60. The van der Waals surface area contributed by atoms with Crippen molar-refractivity contribution in [3.05, 3.63) is 29.6 Å². The first-order chi connectivity index (χ1) is 7.04. The summed E-state index contributed by atoms with van der Waals surface area (Å²) in [6.45, 7) is -0.119. The minimum absolute atomic E-state index is 0.0540. The lowest BCUT2D eigenvalue weighted by molar-refractivity contribution is -0.141. The fraction of sp³-hybridized carbons (Fsp3) is 0.300. The van der Waals surface area contributed by atoms with E-state index in [1.165, 1.54) is 12.1 Å². The van der Waals surface area contributed by atoms with Gasteiger partial charge >= 0.3 is 6.18 Å². The molecule has 0 fully saturated rings. The average Bonchev–Trinajstić information content (AvgIpc) is 2.17. The average molecular weight is 215 g/mol. The van der Waals surface area contributed by atoms with Gasteiger partial charge in [0.1, 0.15) is 11.4 Å². The molecule has 0 aliphatic heterocycles. The van der Waals surface area contributed by atoms with E-state index in [-0.39, 0.29) is 18.7 Å². The first-order valence-corrected chi connectivity index (χ1v) is 4.18. The zero-order valence-corrected chi connectivity index (χ0v) is 7.67. The van der Waals surface area contributed by atoms with Crippen LogP contribution < -0.4 is 0 Å². The van der Waals surface area contributed by atoms with Crippen LogP contribution in [0.1, 0.15) is 17.8 Å². The summed E-state index contributed by atoms with van der Waals surface area (Å²) < 4.78 is 36.6. The highest BCUT2D eigenvalue weighted by atomic mass is 19.4. The third-order valence-electron chi connectivity index (χ3n) is 1.49. The van der Waals surface area contributed by atoms with Crippen LogP contribution in [0.3, 0.4) is 0 Å². The molecule has 0 saturated carbocycles. The largest absolute Gasteiger partial charge is 0.433 e. The number of halogens is 3. The SMILES string of the molecule is OCCC#Cc1cccc(C(F)(F)F)n1. The monoisotopic (exact) mass is 215 g/mol. The van der Waals surface area contributed by atoms with Crippen molar-refractivity contribution in [2.24, 2.45) is 0 Å². The molecule has 1 aromatic rings. The number of aliphatic hydroxyl groups excluding tert-OH is 1. The van der Waals surface area contributed by atoms with Crippen LogP contribution in [0.25, 0.3) is 0 Å². The van der Waals surface area contributed by atoms with E-state index < -0.39 is 11.9 Å². The Hall–Kier alpha value is -1.54. The Morgan fingerprint density at radius 3 is 2.67 bits per heavy atom. The van der Waals surface area contributed by atoms with Crippen LogP contribution in [0.4, 0.5) is 13.2 Å². The second-order valence-electron chi connectivity index (χ2n) is 2.68. The van der Waals surface area contributed by atoms with Gasteiger partial charge in [0.15, 0.2) is 0 Å². The summed E-state index contributed by atoms with van der Waals surface area (Å²) in [4.78, 5) is 3.34. The van der Waals surface area contributed by atoms with E-state index in [0.29, 0.717) is 0 Å². The molecular formula is C10H8F3NO. The number of hydrogen-bond donors (Lipinski definition) is 1. The maximum absolute atomic E-state index is 12.2. The Balaban J connectivity index is 2.90. The van der Waals surface area contributed by atoms with Crippen molar-refractivity contribution in [2.45, 2.75) is 12.6 Å². The summed E-state index contributed by atoms with van der Waals surface area (Å²) in [5.74, 6) is 4.94. The molecule has 0 atom stereocenters. The lowest BCUT2D eigenvalue weighted by atomic mass is 10.3. The molecule has 0 bridgehead atoms.